The van der Waals surface area contributed by atoms with Gasteiger partial charge in [0.1, 0.15) is 0 Å². The van der Waals surface area contributed by atoms with Gasteiger partial charge in [-0.1, -0.05) is 6.42 Å². The molecule has 0 heterocycles. The van der Waals surface area contributed by atoms with Crippen LogP contribution in [-0.2, 0) is 0 Å². The molecule has 3 unspecified atom stereocenters. The van der Waals surface area contributed by atoms with E-state index in [0.29, 0.717) is 32.0 Å². The van der Waals surface area contributed by atoms with Crippen molar-refractivity contribution in [1.29, 1.82) is 0 Å². The molecule has 0 saturated heterocycles. The molecule has 0 aromatic heterocycles. The average Bonchev–Trinajstić information content (AvgIpc) is 2.26. The molecule has 0 radical (unpaired) electrons. The summed E-state index contributed by atoms with van der Waals surface area (Å²) in [5.74, 6) is -0.927. The highest BCUT2D eigenvalue weighted by Gasteiger charge is 2.41. The molecule has 1 aliphatic rings. The van der Waals surface area contributed by atoms with Crippen molar-refractivity contribution in [3.05, 3.63) is 0 Å². The minimum atomic E-state index is -4.01. The summed E-state index contributed by atoms with van der Waals surface area (Å²) in [5, 5.41) is 3.28. The Morgan fingerprint density at radius 3 is 2.65 bits per heavy atom. The van der Waals surface area contributed by atoms with E-state index in [-0.39, 0.29) is 12.3 Å². The number of rotatable bonds is 5. The molecule has 0 bridgehead atoms. The van der Waals surface area contributed by atoms with Gasteiger partial charge in [-0.05, 0) is 51.6 Å². The van der Waals surface area contributed by atoms with Crippen LogP contribution in [0.4, 0.5) is 13.2 Å². The molecule has 0 spiro atoms. The van der Waals surface area contributed by atoms with E-state index < -0.39 is 12.1 Å². The molecule has 0 aliphatic heterocycles. The smallest absolute Gasteiger partial charge is 0.330 e. The fourth-order valence-electron chi connectivity index (χ4n) is 2.49. The number of nitrogens with two attached hydrogens (primary N) is 1. The van der Waals surface area contributed by atoms with E-state index in [1.54, 1.807) is 0 Å². The van der Waals surface area contributed by atoms with E-state index in [2.05, 4.69) is 5.32 Å². The second-order valence-electron chi connectivity index (χ2n) is 5.16. The van der Waals surface area contributed by atoms with Crippen LogP contribution in [0.3, 0.4) is 0 Å². The van der Waals surface area contributed by atoms with Crippen LogP contribution in [0.5, 0.6) is 0 Å². The molecular weight excluding hydrogens is 229 g/mol. The quantitative estimate of drug-likeness (QED) is 0.789. The first-order valence-electron chi connectivity index (χ1n) is 6.43. The third-order valence-electron chi connectivity index (χ3n) is 3.60. The molecule has 3 atom stereocenters. The standard InChI is InChI=1S/C12H23F3N2/c1-9(5-6-16)17-8-10-3-2-4-11(7-10)12(13,14)15/h9-11,17H,2-8,16H2,1H3. The minimum absolute atomic E-state index is 0.163. The zero-order valence-electron chi connectivity index (χ0n) is 10.4. The molecule has 0 aromatic rings. The topological polar surface area (TPSA) is 38.0 Å². The lowest BCUT2D eigenvalue weighted by Crippen LogP contribution is -2.37. The lowest BCUT2D eigenvalue weighted by Gasteiger charge is -2.31. The number of hydrogen-bond acceptors (Lipinski definition) is 2. The predicted molar refractivity (Wildman–Crippen MR) is 62.6 cm³/mol. The Morgan fingerprint density at radius 1 is 1.35 bits per heavy atom. The molecule has 1 fully saturated rings. The van der Waals surface area contributed by atoms with E-state index in [1.165, 1.54) is 0 Å². The lowest BCUT2D eigenvalue weighted by molar-refractivity contribution is -0.185. The van der Waals surface area contributed by atoms with Crippen molar-refractivity contribution >= 4 is 0 Å². The molecule has 3 N–H and O–H groups in total. The van der Waals surface area contributed by atoms with Gasteiger partial charge in [0.25, 0.3) is 0 Å². The summed E-state index contributed by atoms with van der Waals surface area (Å²) < 4.78 is 37.8. The first kappa shape index (κ1) is 14.8. The number of alkyl halides is 3. The Kier molecular flexibility index (Phi) is 5.73. The summed E-state index contributed by atoms with van der Waals surface area (Å²) >= 11 is 0. The van der Waals surface area contributed by atoms with Crippen molar-refractivity contribution < 1.29 is 13.2 Å². The van der Waals surface area contributed by atoms with Gasteiger partial charge in [0.05, 0.1) is 5.92 Å². The van der Waals surface area contributed by atoms with Crippen LogP contribution in [-0.4, -0.2) is 25.3 Å². The molecule has 102 valence electrons. The summed E-state index contributed by atoms with van der Waals surface area (Å²) in [6, 6.07) is 0.297. The Labute approximate surface area is 101 Å². The first-order chi connectivity index (χ1) is 7.93. The van der Waals surface area contributed by atoms with Crippen LogP contribution in [0.25, 0.3) is 0 Å². The van der Waals surface area contributed by atoms with Gasteiger partial charge in [-0.2, -0.15) is 13.2 Å². The molecule has 0 aromatic carbocycles. The highest BCUT2D eigenvalue weighted by Crippen LogP contribution is 2.39. The van der Waals surface area contributed by atoms with Crippen molar-refractivity contribution in [3.63, 3.8) is 0 Å². The maximum atomic E-state index is 12.6. The van der Waals surface area contributed by atoms with Gasteiger partial charge in [-0.25, -0.2) is 0 Å². The fraction of sp³-hybridized carbons (Fsp3) is 1.00. The molecule has 17 heavy (non-hydrogen) atoms. The van der Waals surface area contributed by atoms with Crippen LogP contribution >= 0.6 is 0 Å². The van der Waals surface area contributed by atoms with Crippen molar-refractivity contribution in [1.82, 2.24) is 5.32 Å². The highest BCUT2D eigenvalue weighted by molar-refractivity contribution is 4.79. The SMILES string of the molecule is CC(CCN)NCC1CCCC(C(F)(F)F)C1. The third-order valence-corrected chi connectivity index (χ3v) is 3.60. The minimum Gasteiger partial charge on any atom is -0.330 e. The van der Waals surface area contributed by atoms with Crippen LogP contribution in [0.2, 0.25) is 0 Å². The lowest BCUT2D eigenvalue weighted by atomic mass is 9.81. The van der Waals surface area contributed by atoms with Crippen molar-refractivity contribution in [2.45, 2.75) is 51.2 Å². The highest BCUT2D eigenvalue weighted by atomic mass is 19.4. The number of halogens is 3. The van der Waals surface area contributed by atoms with Crippen LogP contribution in [0.1, 0.15) is 39.0 Å². The summed E-state index contributed by atoms with van der Waals surface area (Å²) in [4.78, 5) is 0. The van der Waals surface area contributed by atoms with Gasteiger partial charge >= 0.3 is 6.18 Å². The van der Waals surface area contributed by atoms with E-state index in [9.17, 15) is 13.2 Å². The number of hydrogen-bond donors (Lipinski definition) is 2. The Balaban J connectivity index is 2.30. The van der Waals surface area contributed by atoms with Gasteiger partial charge in [0.15, 0.2) is 0 Å². The first-order valence-corrected chi connectivity index (χ1v) is 6.43. The second-order valence-corrected chi connectivity index (χ2v) is 5.16. The number of nitrogens with one attached hydrogen (secondary N) is 1. The zero-order chi connectivity index (χ0) is 12.9. The summed E-state index contributed by atoms with van der Waals surface area (Å²) in [6.07, 6.45) is -0.947. The Morgan fingerprint density at radius 2 is 2.06 bits per heavy atom. The van der Waals surface area contributed by atoms with Gasteiger partial charge in [0, 0.05) is 6.04 Å². The fourth-order valence-corrected chi connectivity index (χ4v) is 2.49. The third kappa shape index (κ3) is 5.25. The average molecular weight is 252 g/mol. The molecular formula is C12H23F3N2. The van der Waals surface area contributed by atoms with Gasteiger partial charge in [-0.3, -0.25) is 0 Å². The molecule has 0 amide bonds. The van der Waals surface area contributed by atoms with Crippen LogP contribution in [0.15, 0.2) is 0 Å². The van der Waals surface area contributed by atoms with E-state index >= 15 is 0 Å². The molecule has 2 nitrogen and oxygen atoms in total. The van der Waals surface area contributed by atoms with E-state index in [4.69, 9.17) is 5.73 Å². The maximum Gasteiger partial charge on any atom is 0.391 e. The van der Waals surface area contributed by atoms with Crippen LogP contribution in [0, 0.1) is 11.8 Å². The largest absolute Gasteiger partial charge is 0.391 e. The van der Waals surface area contributed by atoms with Crippen molar-refractivity contribution in [3.8, 4) is 0 Å². The zero-order valence-corrected chi connectivity index (χ0v) is 10.4. The van der Waals surface area contributed by atoms with Crippen molar-refractivity contribution in [2.24, 2.45) is 17.6 Å². The van der Waals surface area contributed by atoms with E-state index in [1.807, 2.05) is 6.92 Å². The Hall–Kier alpha value is -0.290. The monoisotopic (exact) mass is 252 g/mol. The van der Waals surface area contributed by atoms with Gasteiger partial charge < -0.3 is 11.1 Å². The summed E-state index contributed by atoms with van der Waals surface area (Å²) in [5.41, 5.74) is 5.43. The molecule has 1 saturated carbocycles. The second kappa shape index (κ2) is 6.59. The Bertz CT molecular complexity index is 218. The molecule has 5 heteroatoms. The maximum absolute atomic E-state index is 12.6. The normalized spacial score (nSPS) is 28.1. The molecule has 1 rings (SSSR count). The summed E-state index contributed by atoms with van der Waals surface area (Å²) in [6.45, 7) is 3.33. The van der Waals surface area contributed by atoms with Crippen molar-refractivity contribution in [2.75, 3.05) is 13.1 Å². The van der Waals surface area contributed by atoms with Gasteiger partial charge in [-0.15, -0.1) is 0 Å². The van der Waals surface area contributed by atoms with E-state index in [0.717, 1.165) is 12.8 Å². The predicted octanol–water partition coefficient (Wildman–Crippen LogP) is 2.68. The van der Waals surface area contributed by atoms with Crippen LogP contribution < -0.4 is 11.1 Å². The van der Waals surface area contributed by atoms with Gasteiger partial charge in [0.2, 0.25) is 0 Å². The molecule has 1 aliphatic carbocycles. The summed E-state index contributed by atoms with van der Waals surface area (Å²) in [7, 11) is 0.